The van der Waals surface area contributed by atoms with E-state index in [2.05, 4.69) is 45.6 Å². The fraction of sp³-hybridized carbons (Fsp3) is 0.533. The SMILES string of the molecule is CC(C1CCOC1)n1c(CCCl)nc2cc(Br)ccc21. The molecular formula is C15H18BrClN2O. The van der Waals surface area contributed by atoms with Crippen molar-refractivity contribution < 1.29 is 4.74 Å². The molecule has 0 radical (unpaired) electrons. The molecule has 0 aliphatic carbocycles. The standard InChI is InChI=1S/C15H18BrClN2O/c1-10(11-5-7-20-9-11)19-14-3-2-12(16)8-13(14)18-15(19)4-6-17/h2-3,8,10-11H,4-7,9H2,1H3. The van der Waals surface area contributed by atoms with Gasteiger partial charge in [-0.05, 0) is 31.5 Å². The van der Waals surface area contributed by atoms with E-state index in [1.165, 1.54) is 5.52 Å². The summed E-state index contributed by atoms with van der Waals surface area (Å²) < 4.78 is 8.95. The summed E-state index contributed by atoms with van der Waals surface area (Å²) in [5, 5.41) is 0. The third kappa shape index (κ3) is 2.61. The first-order chi connectivity index (χ1) is 9.70. The number of halogens is 2. The molecule has 1 aliphatic heterocycles. The molecule has 0 saturated carbocycles. The molecule has 1 aromatic carbocycles. The highest BCUT2D eigenvalue weighted by Gasteiger charge is 2.26. The Labute approximate surface area is 132 Å². The fourth-order valence-corrected chi connectivity index (χ4v) is 3.50. The Morgan fingerprint density at radius 3 is 3.10 bits per heavy atom. The van der Waals surface area contributed by atoms with Crippen LogP contribution in [0.15, 0.2) is 22.7 Å². The predicted molar refractivity (Wildman–Crippen MR) is 85.5 cm³/mol. The van der Waals surface area contributed by atoms with Crippen LogP contribution in [-0.2, 0) is 11.2 Å². The third-order valence-corrected chi connectivity index (χ3v) is 4.78. The van der Waals surface area contributed by atoms with Crippen LogP contribution in [0.3, 0.4) is 0 Å². The quantitative estimate of drug-likeness (QED) is 0.768. The maximum Gasteiger partial charge on any atom is 0.111 e. The topological polar surface area (TPSA) is 27.1 Å². The van der Waals surface area contributed by atoms with Crippen molar-refractivity contribution in [1.82, 2.24) is 9.55 Å². The Hall–Kier alpha value is -0.580. The summed E-state index contributed by atoms with van der Waals surface area (Å²) in [6.07, 6.45) is 1.92. The highest BCUT2D eigenvalue weighted by Crippen LogP contribution is 2.31. The number of ether oxygens (including phenoxy) is 1. The second-order valence-corrected chi connectivity index (χ2v) is 6.63. The zero-order valence-electron chi connectivity index (χ0n) is 11.5. The lowest BCUT2D eigenvalue weighted by atomic mass is 10.00. The van der Waals surface area contributed by atoms with E-state index >= 15 is 0 Å². The summed E-state index contributed by atoms with van der Waals surface area (Å²) in [6, 6.07) is 6.67. The highest BCUT2D eigenvalue weighted by atomic mass is 79.9. The summed E-state index contributed by atoms with van der Waals surface area (Å²) >= 11 is 9.46. The molecule has 2 aromatic rings. The molecule has 5 heteroatoms. The number of alkyl halides is 1. The van der Waals surface area contributed by atoms with E-state index in [0.29, 0.717) is 17.8 Å². The minimum atomic E-state index is 0.391. The second-order valence-electron chi connectivity index (χ2n) is 5.33. The minimum absolute atomic E-state index is 0.391. The second kappa shape index (κ2) is 6.04. The lowest BCUT2D eigenvalue weighted by Crippen LogP contribution is -2.19. The van der Waals surface area contributed by atoms with Crippen molar-refractivity contribution in [1.29, 1.82) is 0 Å². The van der Waals surface area contributed by atoms with Gasteiger partial charge in [0, 0.05) is 35.3 Å². The molecule has 0 spiro atoms. The van der Waals surface area contributed by atoms with Crippen LogP contribution in [-0.4, -0.2) is 28.6 Å². The number of nitrogens with zero attached hydrogens (tertiary/aromatic N) is 2. The maximum absolute atomic E-state index is 5.94. The molecular weight excluding hydrogens is 340 g/mol. The number of aromatic nitrogens is 2. The molecule has 20 heavy (non-hydrogen) atoms. The van der Waals surface area contributed by atoms with Crippen molar-refractivity contribution in [2.24, 2.45) is 5.92 Å². The Bertz CT molecular complexity index is 607. The van der Waals surface area contributed by atoms with Gasteiger partial charge in [0.25, 0.3) is 0 Å². The van der Waals surface area contributed by atoms with Gasteiger partial charge in [0.15, 0.2) is 0 Å². The number of hydrogen-bond donors (Lipinski definition) is 0. The van der Waals surface area contributed by atoms with Gasteiger partial charge in [-0.1, -0.05) is 15.9 Å². The Morgan fingerprint density at radius 1 is 1.55 bits per heavy atom. The summed E-state index contributed by atoms with van der Waals surface area (Å²) in [5.74, 6) is 2.23. The van der Waals surface area contributed by atoms with E-state index in [9.17, 15) is 0 Å². The summed E-state index contributed by atoms with van der Waals surface area (Å²) in [7, 11) is 0. The molecule has 1 aliphatic rings. The molecule has 1 aromatic heterocycles. The fourth-order valence-electron chi connectivity index (χ4n) is 2.98. The zero-order valence-corrected chi connectivity index (χ0v) is 13.8. The van der Waals surface area contributed by atoms with Crippen LogP contribution < -0.4 is 0 Å². The van der Waals surface area contributed by atoms with E-state index in [4.69, 9.17) is 21.3 Å². The van der Waals surface area contributed by atoms with Crippen LogP contribution in [0.4, 0.5) is 0 Å². The summed E-state index contributed by atoms with van der Waals surface area (Å²) in [6.45, 7) is 3.98. The number of hydrogen-bond acceptors (Lipinski definition) is 2. The Morgan fingerprint density at radius 2 is 2.40 bits per heavy atom. The average Bonchev–Trinajstić information content (AvgIpc) is 3.05. The number of fused-ring (bicyclic) bond motifs is 1. The molecule has 2 heterocycles. The number of imidazole rings is 1. The summed E-state index contributed by atoms with van der Waals surface area (Å²) in [5.41, 5.74) is 2.22. The van der Waals surface area contributed by atoms with E-state index in [-0.39, 0.29) is 0 Å². The van der Waals surface area contributed by atoms with Gasteiger partial charge >= 0.3 is 0 Å². The van der Waals surface area contributed by atoms with Crippen molar-refractivity contribution >= 4 is 38.6 Å². The van der Waals surface area contributed by atoms with Gasteiger partial charge in [-0.25, -0.2) is 4.98 Å². The first-order valence-electron chi connectivity index (χ1n) is 7.00. The van der Waals surface area contributed by atoms with E-state index in [1.54, 1.807) is 0 Å². The molecule has 2 atom stereocenters. The number of aryl methyl sites for hydroxylation is 1. The van der Waals surface area contributed by atoms with Crippen molar-refractivity contribution in [2.75, 3.05) is 19.1 Å². The van der Waals surface area contributed by atoms with E-state index in [1.807, 2.05) is 0 Å². The molecule has 1 saturated heterocycles. The van der Waals surface area contributed by atoms with Gasteiger partial charge in [-0.3, -0.25) is 0 Å². The van der Waals surface area contributed by atoms with Gasteiger partial charge < -0.3 is 9.30 Å². The van der Waals surface area contributed by atoms with Crippen LogP contribution in [0, 0.1) is 5.92 Å². The normalized spacial score (nSPS) is 20.6. The van der Waals surface area contributed by atoms with Gasteiger partial charge in [-0.2, -0.15) is 0 Å². The molecule has 0 N–H and O–H groups in total. The lowest BCUT2D eigenvalue weighted by Gasteiger charge is -2.22. The molecule has 108 valence electrons. The van der Waals surface area contributed by atoms with Crippen molar-refractivity contribution in [3.05, 3.63) is 28.5 Å². The average molecular weight is 358 g/mol. The minimum Gasteiger partial charge on any atom is -0.381 e. The Kier molecular flexibility index (Phi) is 4.34. The monoisotopic (exact) mass is 356 g/mol. The number of benzene rings is 1. The molecule has 3 nitrogen and oxygen atoms in total. The first-order valence-corrected chi connectivity index (χ1v) is 8.33. The third-order valence-electron chi connectivity index (χ3n) is 4.10. The first kappa shape index (κ1) is 14.4. The van der Waals surface area contributed by atoms with Gasteiger partial charge in [0.05, 0.1) is 17.6 Å². The van der Waals surface area contributed by atoms with E-state index in [0.717, 1.165) is 41.9 Å². The lowest BCUT2D eigenvalue weighted by molar-refractivity contribution is 0.175. The van der Waals surface area contributed by atoms with Crippen molar-refractivity contribution in [2.45, 2.75) is 25.8 Å². The van der Waals surface area contributed by atoms with Crippen molar-refractivity contribution in [3.63, 3.8) is 0 Å². The summed E-state index contributed by atoms with van der Waals surface area (Å²) in [4.78, 5) is 4.76. The smallest absolute Gasteiger partial charge is 0.111 e. The van der Waals surface area contributed by atoms with Crippen LogP contribution in [0.5, 0.6) is 0 Å². The van der Waals surface area contributed by atoms with Gasteiger partial charge in [-0.15, -0.1) is 11.6 Å². The highest BCUT2D eigenvalue weighted by molar-refractivity contribution is 9.10. The molecule has 3 rings (SSSR count). The van der Waals surface area contributed by atoms with Crippen molar-refractivity contribution in [3.8, 4) is 0 Å². The maximum atomic E-state index is 5.94. The number of rotatable bonds is 4. The van der Waals surface area contributed by atoms with E-state index < -0.39 is 0 Å². The Balaban J connectivity index is 2.07. The molecule has 0 bridgehead atoms. The molecule has 2 unspecified atom stereocenters. The zero-order chi connectivity index (χ0) is 14.1. The van der Waals surface area contributed by atoms with Crippen LogP contribution in [0.1, 0.15) is 25.2 Å². The van der Waals surface area contributed by atoms with Crippen LogP contribution >= 0.6 is 27.5 Å². The predicted octanol–water partition coefficient (Wildman–Crippen LogP) is 4.18. The largest absolute Gasteiger partial charge is 0.381 e. The van der Waals surface area contributed by atoms with Gasteiger partial charge in [0.1, 0.15) is 5.82 Å². The molecule has 1 fully saturated rings. The van der Waals surface area contributed by atoms with Crippen LogP contribution in [0.25, 0.3) is 11.0 Å². The molecule has 0 amide bonds. The van der Waals surface area contributed by atoms with Crippen LogP contribution in [0.2, 0.25) is 0 Å². The van der Waals surface area contributed by atoms with Gasteiger partial charge in [0.2, 0.25) is 0 Å².